The minimum atomic E-state index is -0.708. The number of ether oxygens (including phenoxy) is 36. The summed E-state index contributed by atoms with van der Waals surface area (Å²) in [5.41, 5.74) is 0. The number of carbonyl (C=O) groups excluding carboxylic acids is 6. The van der Waals surface area contributed by atoms with Gasteiger partial charge in [0.2, 0.25) is 5.91 Å². The van der Waals surface area contributed by atoms with Crippen LogP contribution in [-0.2, 0) is 204 Å². The average Bonchev–Trinajstić information content (AvgIpc) is 1.74. The van der Waals surface area contributed by atoms with Crippen molar-refractivity contribution in [3.63, 3.8) is 0 Å². The van der Waals surface area contributed by atoms with E-state index in [1.807, 2.05) is 0 Å². The van der Waals surface area contributed by atoms with Crippen molar-refractivity contribution in [2.45, 2.75) is 25.7 Å². The monoisotopic (exact) mass is 1920 g/mol. The number of rotatable bonds is 115. The smallest absolute Gasteiger partial charge is 0.335 e. The van der Waals surface area contributed by atoms with E-state index in [1.54, 1.807) is 0 Å². The lowest BCUT2D eigenvalue weighted by atomic mass is 10.3. The summed E-state index contributed by atoms with van der Waals surface area (Å²) in [5, 5.41) is 3.20. The first-order valence-corrected chi connectivity index (χ1v) is 46.0. The molecule has 1 fully saturated rings. The van der Waals surface area contributed by atoms with Gasteiger partial charge in [0.15, 0.2) is 0 Å². The molecule has 0 aromatic heterocycles. The first-order valence-electron chi connectivity index (χ1n) is 46.0. The van der Waals surface area contributed by atoms with Crippen LogP contribution >= 0.6 is 0 Å². The molecule has 46 nitrogen and oxygen atoms in total. The molecule has 2 heterocycles. The van der Waals surface area contributed by atoms with Gasteiger partial charge in [-0.05, 0) is 0 Å². The Morgan fingerprint density at radius 3 is 0.485 bits per heavy atom. The third-order valence-electron chi connectivity index (χ3n) is 16.7. The maximum absolute atomic E-state index is 11.9. The van der Waals surface area contributed by atoms with Gasteiger partial charge in [0.05, 0.1) is 482 Å². The summed E-state index contributed by atoms with van der Waals surface area (Å²) in [5.74, 6) is -2.82. The molecule has 776 valence electrons. The van der Waals surface area contributed by atoms with Gasteiger partial charge in [0, 0.05) is 44.5 Å². The molecule has 0 radical (unpaired) electrons. The molecule has 0 bridgehead atoms. The Labute approximate surface area is 778 Å². The van der Waals surface area contributed by atoms with Crippen molar-refractivity contribution in [1.82, 2.24) is 15.3 Å². The van der Waals surface area contributed by atoms with E-state index in [0.29, 0.717) is 474 Å². The highest BCUT2D eigenvalue weighted by atomic mass is 16.7. The van der Waals surface area contributed by atoms with Gasteiger partial charge >= 0.3 is 5.97 Å². The van der Waals surface area contributed by atoms with E-state index in [1.165, 1.54) is 12.2 Å². The SMILES string of the molecule is O=C(CCN1C(=O)C=CC1=O)NCCOCCOCCOCCOCCOCCOCCOCCOCCOCCOCCOCCOCCOCCOCCOCCOCCOCCOCCOCCOCCOCCOCCOCCOCCOCCOCCOCCOCCOCCOCCOCCOCCOCCOCCOCCOCCC(=O)ON1C(=O)CCC1=O. The highest BCUT2D eigenvalue weighted by Crippen LogP contribution is 2.13. The highest BCUT2D eigenvalue weighted by molar-refractivity contribution is 6.13. The third kappa shape index (κ3) is 93.2. The molecule has 5 amide bonds. The first kappa shape index (κ1) is 124. The van der Waals surface area contributed by atoms with Crippen LogP contribution in [0.2, 0.25) is 0 Å². The van der Waals surface area contributed by atoms with E-state index in [0.717, 1.165) is 4.90 Å². The second-order valence-electron chi connectivity index (χ2n) is 27.1. The average molecular weight is 1920 g/mol. The Kier molecular flexibility index (Phi) is 98.7. The van der Waals surface area contributed by atoms with Crippen molar-refractivity contribution in [1.29, 1.82) is 0 Å². The van der Waals surface area contributed by atoms with Crippen LogP contribution in [0.25, 0.3) is 0 Å². The Morgan fingerprint density at radius 2 is 0.333 bits per heavy atom. The Balaban J connectivity index is 1.07. The molecule has 46 heteroatoms. The van der Waals surface area contributed by atoms with E-state index in [9.17, 15) is 28.8 Å². The molecule has 0 aromatic rings. The Bertz CT molecular complexity index is 2430. The maximum atomic E-state index is 11.9. The van der Waals surface area contributed by atoms with Crippen molar-refractivity contribution < 1.29 is 204 Å². The molecule has 0 aromatic carbocycles. The molecule has 2 rings (SSSR count). The molecule has 0 aliphatic carbocycles. The Hall–Kier alpha value is -4.48. The van der Waals surface area contributed by atoms with Crippen molar-refractivity contribution in [3.8, 4) is 0 Å². The zero-order chi connectivity index (χ0) is 94.1. The number of carbonyl (C=O) groups is 6. The standard InChI is InChI=1S/C86H159N3O43/c90-81(5-8-88-82(91)1-2-83(88)92)87-7-10-97-12-14-99-16-18-101-20-22-103-24-26-105-28-30-107-32-34-109-36-38-111-40-42-113-44-46-115-48-50-117-52-54-119-56-58-121-60-62-123-64-66-125-68-70-127-72-74-129-76-78-131-80-79-130-77-75-128-73-71-126-69-67-124-65-63-122-61-59-120-57-55-118-53-51-116-49-47-114-45-43-112-41-39-110-37-35-108-33-31-106-29-27-104-25-23-102-21-19-100-17-15-98-13-11-96-9-6-86(95)132-89-84(93)3-4-85(89)94/h1-2H,3-80H2,(H,87,90). The number of amides is 5. The number of imide groups is 2. The van der Waals surface area contributed by atoms with Crippen LogP contribution in [0, 0.1) is 0 Å². The van der Waals surface area contributed by atoms with Gasteiger partial charge in [-0.3, -0.25) is 28.9 Å². The topological polar surface area (TPSA) is 462 Å². The second-order valence-corrected chi connectivity index (χ2v) is 27.1. The lowest BCUT2D eigenvalue weighted by Gasteiger charge is -2.13. The fraction of sp³-hybridized carbons (Fsp3) is 0.907. The van der Waals surface area contributed by atoms with Gasteiger partial charge in [-0.2, -0.15) is 0 Å². The molecule has 2 aliphatic rings. The zero-order valence-corrected chi connectivity index (χ0v) is 78.3. The van der Waals surface area contributed by atoms with Crippen LogP contribution in [0.1, 0.15) is 25.7 Å². The minimum absolute atomic E-state index is 0.0409. The van der Waals surface area contributed by atoms with Gasteiger partial charge in [-0.25, -0.2) is 4.79 Å². The van der Waals surface area contributed by atoms with E-state index in [-0.39, 0.29) is 51.3 Å². The van der Waals surface area contributed by atoms with Crippen LogP contribution in [0.15, 0.2) is 12.2 Å². The van der Waals surface area contributed by atoms with E-state index in [4.69, 9.17) is 175 Å². The summed E-state index contributed by atoms with van der Waals surface area (Å²) in [6, 6.07) is 0. The van der Waals surface area contributed by atoms with Crippen LogP contribution in [-0.4, -0.2) is 534 Å². The number of nitrogens with one attached hydrogen (secondary N) is 1. The molecule has 1 saturated heterocycles. The largest absolute Gasteiger partial charge is 0.378 e. The summed E-state index contributed by atoms with van der Waals surface area (Å²) >= 11 is 0. The van der Waals surface area contributed by atoms with E-state index in [2.05, 4.69) is 5.32 Å². The minimum Gasteiger partial charge on any atom is -0.378 e. The van der Waals surface area contributed by atoms with Gasteiger partial charge in [0.25, 0.3) is 23.6 Å². The maximum Gasteiger partial charge on any atom is 0.335 e. The van der Waals surface area contributed by atoms with Crippen LogP contribution in [0.5, 0.6) is 0 Å². The predicted octanol–water partition coefficient (Wildman–Crippen LogP) is -0.987. The molecule has 0 atom stereocenters. The van der Waals surface area contributed by atoms with Crippen molar-refractivity contribution >= 4 is 35.5 Å². The normalized spacial score (nSPS) is 12.9. The van der Waals surface area contributed by atoms with E-state index < -0.39 is 29.6 Å². The van der Waals surface area contributed by atoms with Crippen molar-refractivity contribution in [2.24, 2.45) is 0 Å². The molecule has 0 unspecified atom stereocenters. The summed E-state index contributed by atoms with van der Waals surface area (Å²) < 4.78 is 198. The quantitative estimate of drug-likeness (QED) is 0.0564. The lowest BCUT2D eigenvalue weighted by molar-refractivity contribution is -0.198. The van der Waals surface area contributed by atoms with Crippen molar-refractivity contribution in [2.75, 3.05) is 489 Å². The molecule has 132 heavy (non-hydrogen) atoms. The highest BCUT2D eigenvalue weighted by Gasteiger charge is 2.33. The molecule has 0 saturated carbocycles. The van der Waals surface area contributed by atoms with Crippen molar-refractivity contribution in [3.05, 3.63) is 12.2 Å². The second kappa shape index (κ2) is 105. The first-order chi connectivity index (χ1) is 65.4. The summed E-state index contributed by atoms with van der Waals surface area (Å²) in [4.78, 5) is 75.3. The van der Waals surface area contributed by atoms with Crippen LogP contribution in [0.4, 0.5) is 0 Å². The lowest BCUT2D eigenvalue weighted by Crippen LogP contribution is -2.35. The van der Waals surface area contributed by atoms with Gasteiger partial charge in [0.1, 0.15) is 0 Å². The molecule has 1 N–H and O–H groups in total. The summed E-state index contributed by atoms with van der Waals surface area (Å²) in [6.45, 7) is 32.4. The van der Waals surface area contributed by atoms with Gasteiger partial charge in [-0.1, -0.05) is 0 Å². The number of nitrogens with zero attached hydrogens (tertiary/aromatic N) is 2. The fourth-order valence-corrected chi connectivity index (χ4v) is 9.98. The Morgan fingerprint density at radius 1 is 0.197 bits per heavy atom. The van der Waals surface area contributed by atoms with Gasteiger partial charge in [-0.15, -0.1) is 5.06 Å². The predicted molar refractivity (Wildman–Crippen MR) is 465 cm³/mol. The number of hydrogen-bond donors (Lipinski definition) is 1. The van der Waals surface area contributed by atoms with Gasteiger partial charge < -0.3 is 181 Å². The third-order valence-corrected chi connectivity index (χ3v) is 16.7. The van der Waals surface area contributed by atoms with E-state index >= 15 is 0 Å². The summed E-state index contributed by atoms with van der Waals surface area (Å²) in [6.07, 6.45) is 2.43. The zero-order valence-electron chi connectivity index (χ0n) is 78.3. The molecular formula is C86H159N3O43. The fourth-order valence-electron chi connectivity index (χ4n) is 9.98. The van der Waals surface area contributed by atoms with Crippen LogP contribution in [0.3, 0.4) is 0 Å². The van der Waals surface area contributed by atoms with Crippen LogP contribution < -0.4 is 5.32 Å². The number of hydrogen-bond acceptors (Lipinski definition) is 43. The molecule has 0 spiro atoms. The molecular weight excluding hydrogens is 1760 g/mol. The molecule has 2 aliphatic heterocycles. The number of hydroxylamine groups is 2. The summed E-state index contributed by atoms with van der Waals surface area (Å²) in [7, 11) is 0.